The Balaban J connectivity index is 1.87. The summed E-state index contributed by atoms with van der Waals surface area (Å²) in [6.45, 7) is 0.116. The van der Waals surface area contributed by atoms with Crippen molar-refractivity contribution in [1.82, 2.24) is 5.32 Å². The summed E-state index contributed by atoms with van der Waals surface area (Å²) in [5.74, 6) is -0.422. The Bertz CT molecular complexity index is 778. The van der Waals surface area contributed by atoms with Gasteiger partial charge in [0.25, 0.3) is 5.91 Å². The number of anilines is 1. The molecule has 1 heterocycles. The fraction of sp³-hybridized carbons (Fsp3) is 0.222. The molecule has 0 fully saturated rings. The second kappa shape index (κ2) is 6.70. The molecule has 24 heavy (non-hydrogen) atoms. The van der Waals surface area contributed by atoms with Crippen molar-refractivity contribution in [2.45, 2.75) is 12.5 Å². The molecular weight excluding hydrogens is 311 g/mol. The standard InChI is InChI=1S/C18H17FN2O3/c1-20-18(23)16-11-21(14-7-2-3-8-15(14)24-16)17(22)10-12-5-4-6-13(19)9-12/h2-9,16H,10-11H2,1H3,(H,20,23). The maximum absolute atomic E-state index is 13.3. The SMILES string of the molecule is CNC(=O)C1CN(C(=O)Cc2cccc(F)c2)c2ccccc2O1. The molecule has 1 aliphatic rings. The Morgan fingerprint density at radius 2 is 2.04 bits per heavy atom. The second-order valence-electron chi connectivity index (χ2n) is 5.50. The highest BCUT2D eigenvalue weighted by Gasteiger charge is 2.33. The maximum Gasteiger partial charge on any atom is 0.262 e. The van der Waals surface area contributed by atoms with Crippen LogP contribution in [0.5, 0.6) is 5.75 Å². The number of rotatable bonds is 3. The molecular formula is C18H17FN2O3. The van der Waals surface area contributed by atoms with Crippen LogP contribution in [0.4, 0.5) is 10.1 Å². The van der Waals surface area contributed by atoms with Crippen molar-refractivity contribution in [3.63, 3.8) is 0 Å². The first-order valence-electron chi connectivity index (χ1n) is 7.60. The molecule has 0 aromatic heterocycles. The summed E-state index contributed by atoms with van der Waals surface area (Å²) < 4.78 is 19.0. The molecule has 124 valence electrons. The largest absolute Gasteiger partial charge is 0.477 e. The van der Waals surface area contributed by atoms with Crippen LogP contribution in [-0.4, -0.2) is 31.5 Å². The maximum atomic E-state index is 13.3. The van der Waals surface area contributed by atoms with Crippen LogP contribution in [0.25, 0.3) is 0 Å². The van der Waals surface area contributed by atoms with E-state index < -0.39 is 6.10 Å². The highest BCUT2D eigenvalue weighted by Crippen LogP contribution is 2.33. The van der Waals surface area contributed by atoms with Gasteiger partial charge in [-0.15, -0.1) is 0 Å². The van der Waals surface area contributed by atoms with Gasteiger partial charge in [0.05, 0.1) is 18.7 Å². The second-order valence-corrected chi connectivity index (χ2v) is 5.50. The van der Waals surface area contributed by atoms with E-state index in [1.165, 1.54) is 24.1 Å². The van der Waals surface area contributed by atoms with Gasteiger partial charge in [0.2, 0.25) is 5.91 Å². The highest BCUT2D eigenvalue weighted by atomic mass is 19.1. The molecule has 2 aromatic rings. The molecule has 1 aliphatic heterocycles. The third-order valence-corrected chi connectivity index (χ3v) is 3.86. The third kappa shape index (κ3) is 3.22. The zero-order valence-corrected chi connectivity index (χ0v) is 13.2. The van der Waals surface area contributed by atoms with Gasteiger partial charge in [-0.2, -0.15) is 0 Å². The quantitative estimate of drug-likeness (QED) is 0.936. The zero-order valence-electron chi connectivity index (χ0n) is 13.2. The van der Waals surface area contributed by atoms with Gasteiger partial charge in [0, 0.05) is 7.05 Å². The fourth-order valence-electron chi connectivity index (χ4n) is 2.69. The minimum atomic E-state index is -0.777. The number of hydrogen-bond donors (Lipinski definition) is 1. The number of nitrogens with zero attached hydrogens (tertiary/aromatic N) is 1. The van der Waals surface area contributed by atoms with Crippen LogP contribution in [0.2, 0.25) is 0 Å². The average molecular weight is 328 g/mol. The first-order chi connectivity index (χ1) is 11.6. The molecule has 2 amide bonds. The number of carbonyl (C=O) groups is 2. The Morgan fingerprint density at radius 1 is 1.25 bits per heavy atom. The van der Waals surface area contributed by atoms with E-state index in [2.05, 4.69) is 5.32 Å². The van der Waals surface area contributed by atoms with Crippen molar-refractivity contribution in [2.24, 2.45) is 0 Å². The lowest BCUT2D eigenvalue weighted by molar-refractivity contribution is -0.127. The number of benzene rings is 2. The monoisotopic (exact) mass is 328 g/mol. The number of hydrogen-bond acceptors (Lipinski definition) is 3. The average Bonchev–Trinajstić information content (AvgIpc) is 2.60. The molecule has 0 spiro atoms. The minimum Gasteiger partial charge on any atom is -0.477 e. The number of carbonyl (C=O) groups excluding carboxylic acids is 2. The number of likely N-dealkylation sites (N-methyl/N-ethyl adjacent to an activating group) is 1. The van der Waals surface area contributed by atoms with Gasteiger partial charge in [0.15, 0.2) is 6.10 Å². The summed E-state index contributed by atoms with van der Waals surface area (Å²) in [5, 5.41) is 2.53. The molecule has 0 radical (unpaired) electrons. The van der Waals surface area contributed by atoms with Crippen molar-refractivity contribution >= 4 is 17.5 Å². The van der Waals surface area contributed by atoms with Crippen LogP contribution in [0.1, 0.15) is 5.56 Å². The summed E-state index contributed by atoms with van der Waals surface area (Å²) in [6.07, 6.45) is -0.728. The van der Waals surface area contributed by atoms with Crippen LogP contribution in [0, 0.1) is 5.82 Å². The van der Waals surface area contributed by atoms with Crippen molar-refractivity contribution in [2.75, 3.05) is 18.5 Å². The lowest BCUT2D eigenvalue weighted by Gasteiger charge is -2.34. The predicted octanol–water partition coefficient (Wildman–Crippen LogP) is 1.91. The summed E-state index contributed by atoms with van der Waals surface area (Å²) in [7, 11) is 1.52. The first kappa shape index (κ1) is 16.0. The number of amides is 2. The topological polar surface area (TPSA) is 58.6 Å². The number of fused-ring (bicyclic) bond motifs is 1. The van der Waals surface area contributed by atoms with Crippen molar-refractivity contribution in [1.29, 1.82) is 0 Å². The predicted molar refractivity (Wildman–Crippen MR) is 87.4 cm³/mol. The van der Waals surface area contributed by atoms with Crippen LogP contribution >= 0.6 is 0 Å². The van der Waals surface area contributed by atoms with Crippen molar-refractivity contribution in [3.8, 4) is 5.75 Å². The number of para-hydroxylation sites is 2. The van der Waals surface area contributed by atoms with Gasteiger partial charge >= 0.3 is 0 Å². The van der Waals surface area contributed by atoms with Gasteiger partial charge < -0.3 is 15.0 Å². The van der Waals surface area contributed by atoms with Gasteiger partial charge in [0.1, 0.15) is 11.6 Å². The van der Waals surface area contributed by atoms with Crippen LogP contribution in [-0.2, 0) is 16.0 Å². The fourth-order valence-corrected chi connectivity index (χ4v) is 2.69. The van der Waals surface area contributed by atoms with Gasteiger partial charge in [-0.25, -0.2) is 4.39 Å². The lowest BCUT2D eigenvalue weighted by Crippen LogP contribution is -2.50. The van der Waals surface area contributed by atoms with E-state index >= 15 is 0 Å². The van der Waals surface area contributed by atoms with Crippen molar-refractivity contribution in [3.05, 3.63) is 59.9 Å². The molecule has 1 N–H and O–H groups in total. The summed E-state index contributed by atoms with van der Waals surface area (Å²) >= 11 is 0. The molecule has 0 saturated carbocycles. The Kier molecular flexibility index (Phi) is 4.46. The molecule has 5 nitrogen and oxygen atoms in total. The molecule has 6 heteroatoms. The molecule has 3 rings (SSSR count). The molecule has 0 aliphatic carbocycles. The third-order valence-electron chi connectivity index (χ3n) is 3.86. The summed E-state index contributed by atoms with van der Waals surface area (Å²) in [5.41, 5.74) is 1.19. The van der Waals surface area contributed by atoms with E-state index in [1.54, 1.807) is 36.4 Å². The van der Waals surface area contributed by atoms with E-state index in [0.717, 1.165) is 0 Å². The van der Waals surface area contributed by atoms with E-state index in [1.807, 2.05) is 0 Å². The van der Waals surface area contributed by atoms with Crippen molar-refractivity contribution < 1.29 is 18.7 Å². The molecule has 0 bridgehead atoms. The highest BCUT2D eigenvalue weighted by molar-refractivity contribution is 5.98. The van der Waals surface area contributed by atoms with E-state index in [0.29, 0.717) is 17.0 Å². The molecule has 1 unspecified atom stereocenters. The summed E-state index contributed by atoms with van der Waals surface area (Å²) in [4.78, 5) is 26.2. The van der Waals surface area contributed by atoms with Crippen LogP contribution < -0.4 is 15.0 Å². The minimum absolute atomic E-state index is 0.0482. The van der Waals surface area contributed by atoms with E-state index in [-0.39, 0.29) is 30.6 Å². The first-order valence-corrected chi connectivity index (χ1v) is 7.60. The number of ether oxygens (including phenoxy) is 1. The molecule has 1 atom stereocenters. The zero-order chi connectivity index (χ0) is 17.1. The van der Waals surface area contributed by atoms with E-state index in [4.69, 9.17) is 4.74 Å². The Labute approximate surface area is 139 Å². The van der Waals surface area contributed by atoms with E-state index in [9.17, 15) is 14.0 Å². The normalized spacial score (nSPS) is 16.1. The number of nitrogens with one attached hydrogen (secondary N) is 1. The molecule has 2 aromatic carbocycles. The van der Waals surface area contributed by atoms with Gasteiger partial charge in [-0.1, -0.05) is 24.3 Å². The Morgan fingerprint density at radius 3 is 2.79 bits per heavy atom. The van der Waals surface area contributed by atoms with Gasteiger partial charge in [-0.3, -0.25) is 9.59 Å². The Hall–Kier alpha value is -2.89. The van der Waals surface area contributed by atoms with Crippen LogP contribution in [0.15, 0.2) is 48.5 Å². The van der Waals surface area contributed by atoms with Gasteiger partial charge in [-0.05, 0) is 29.8 Å². The summed E-state index contributed by atoms with van der Waals surface area (Å²) in [6, 6.07) is 13.0. The van der Waals surface area contributed by atoms with Crippen LogP contribution in [0.3, 0.4) is 0 Å². The smallest absolute Gasteiger partial charge is 0.262 e. The molecule has 0 saturated heterocycles. The number of halogens is 1. The lowest BCUT2D eigenvalue weighted by atomic mass is 10.1.